The van der Waals surface area contributed by atoms with Crippen molar-refractivity contribution in [1.82, 2.24) is 4.98 Å². The number of pyridine rings is 1. The predicted octanol–water partition coefficient (Wildman–Crippen LogP) is 2.44. The molecule has 2 aromatic rings. The van der Waals surface area contributed by atoms with Crippen molar-refractivity contribution in [3.8, 4) is 0 Å². The van der Waals surface area contributed by atoms with Gasteiger partial charge in [0.15, 0.2) is 0 Å². The normalized spacial score (nSPS) is 10.6. The summed E-state index contributed by atoms with van der Waals surface area (Å²) in [5, 5.41) is 0.704. The molecule has 0 saturated carbocycles. The highest BCUT2D eigenvalue weighted by molar-refractivity contribution is 7.99. The molecule has 0 aliphatic rings. The molecule has 19 heavy (non-hydrogen) atoms. The number of carbonyl (C=O) groups is 1. The van der Waals surface area contributed by atoms with Crippen LogP contribution in [0.25, 0.3) is 10.9 Å². The molecule has 0 aliphatic carbocycles. The number of ether oxygens (including phenoxy) is 1. The molecule has 0 atom stereocenters. The van der Waals surface area contributed by atoms with Gasteiger partial charge in [-0.25, -0.2) is 4.79 Å². The third-order valence-corrected chi connectivity index (χ3v) is 3.50. The van der Waals surface area contributed by atoms with Crippen LogP contribution in [0.15, 0.2) is 35.1 Å². The maximum Gasteiger partial charge on any atom is 0.339 e. The Hall–Kier alpha value is -1.75. The Morgan fingerprint density at radius 2 is 2.16 bits per heavy atom. The van der Waals surface area contributed by atoms with Crippen molar-refractivity contribution in [2.24, 2.45) is 0 Å². The number of rotatable bonds is 5. The van der Waals surface area contributed by atoms with E-state index in [1.807, 2.05) is 12.1 Å². The minimum absolute atomic E-state index is 0.298. The molecule has 2 rings (SSSR count). The van der Waals surface area contributed by atoms with Crippen LogP contribution in [0.5, 0.6) is 0 Å². The number of hydrogen-bond acceptors (Lipinski definition) is 4. The van der Waals surface area contributed by atoms with Crippen LogP contribution < -0.4 is 5.56 Å². The zero-order chi connectivity index (χ0) is 13.7. The molecular weight excluding hydrogens is 262 g/mol. The number of aromatic amines is 1. The first-order valence-corrected chi connectivity index (χ1v) is 7.24. The molecule has 0 fully saturated rings. The van der Waals surface area contributed by atoms with E-state index in [0.29, 0.717) is 23.1 Å². The molecule has 0 saturated heterocycles. The van der Waals surface area contributed by atoms with Crippen LogP contribution in [0.3, 0.4) is 0 Å². The zero-order valence-electron chi connectivity index (χ0n) is 10.6. The molecule has 4 nitrogen and oxygen atoms in total. The summed E-state index contributed by atoms with van der Waals surface area (Å²) in [5.74, 6) is 1.31. The van der Waals surface area contributed by atoms with Gasteiger partial charge in [-0.3, -0.25) is 4.79 Å². The summed E-state index contributed by atoms with van der Waals surface area (Å²) in [5.41, 5.74) is 0.666. The number of H-pyrrole nitrogens is 1. The van der Waals surface area contributed by atoms with Crippen molar-refractivity contribution < 1.29 is 9.53 Å². The summed E-state index contributed by atoms with van der Waals surface area (Å²) in [6.07, 6.45) is 0. The minimum Gasteiger partial charge on any atom is -0.461 e. The van der Waals surface area contributed by atoms with E-state index in [0.717, 1.165) is 11.5 Å². The predicted molar refractivity (Wildman–Crippen MR) is 77.9 cm³/mol. The van der Waals surface area contributed by atoms with Crippen LogP contribution in [-0.2, 0) is 4.74 Å². The van der Waals surface area contributed by atoms with Crippen molar-refractivity contribution in [2.45, 2.75) is 6.92 Å². The van der Waals surface area contributed by atoms with Gasteiger partial charge in [-0.1, -0.05) is 25.1 Å². The molecule has 1 aromatic heterocycles. The highest BCUT2D eigenvalue weighted by atomic mass is 32.2. The van der Waals surface area contributed by atoms with Gasteiger partial charge in [0.05, 0.1) is 5.56 Å². The van der Waals surface area contributed by atoms with Crippen LogP contribution in [0.4, 0.5) is 0 Å². The monoisotopic (exact) mass is 277 g/mol. The number of benzene rings is 1. The van der Waals surface area contributed by atoms with Gasteiger partial charge in [0, 0.05) is 22.7 Å². The van der Waals surface area contributed by atoms with Gasteiger partial charge < -0.3 is 9.72 Å². The van der Waals surface area contributed by atoms with E-state index in [-0.39, 0.29) is 5.56 Å². The molecule has 0 bridgehead atoms. The molecule has 0 aliphatic heterocycles. The number of nitrogens with one attached hydrogen (secondary N) is 1. The van der Waals surface area contributed by atoms with Crippen molar-refractivity contribution in [3.63, 3.8) is 0 Å². The van der Waals surface area contributed by atoms with E-state index in [2.05, 4.69) is 11.9 Å². The van der Waals surface area contributed by atoms with Gasteiger partial charge in [-0.2, -0.15) is 11.8 Å². The van der Waals surface area contributed by atoms with Crippen LogP contribution >= 0.6 is 11.8 Å². The maximum absolute atomic E-state index is 12.0. The van der Waals surface area contributed by atoms with Crippen molar-refractivity contribution in [2.75, 3.05) is 18.1 Å². The molecule has 1 aromatic carbocycles. The SMILES string of the molecule is CCSCCOC(=O)c1cc(=O)[nH]c2ccccc12. The zero-order valence-corrected chi connectivity index (χ0v) is 11.5. The fraction of sp³-hybridized carbons (Fsp3) is 0.286. The molecule has 1 heterocycles. The van der Waals surface area contributed by atoms with Crippen molar-refractivity contribution in [1.29, 1.82) is 0 Å². The first kappa shape index (κ1) is 13.7. The fourth-order valence-electron chi connectivity index (χ4n) is 1.79. The number of carbonyl (C=O) groups excluding carboxylic acids is 1. The van der Waals surface area contributed by atoms with Gasteiger partial charge in [0.1, 0.15) is 6.61 Å². The number of fused-ring (bicyclic) bond motifs is 1. The average molecular weight is 277 g/mol. The molecular formula is C14H15NO3S. The summed E-state index contributed by atoms with van der Waals surface area (Å²) in [7, 11) is 0. The first-order valence-electron chi connectivity index (χ1n) is 6.09. The van der Waals surface area contributed by atoms with E-state index in [4.69, 9.17) is 4.74 Å². The first-order chi connectivity index (χ1) is 9.22. The Kier molecular flexibility index (Phi) is 4.63. The third kappa shape index (κ3) is 3.38. The fourth-order valence-corrected chi connectivity index (χ4v) is 2.28. The standard InChI is InChI=1S/C14H15NO3S/c1-2-19-8-7-18-14(17)11-9-13(16)15-12-6-4-3-5-10(11)12/h3-6,9H,2,7-8H2,1H3,(H,15,16). The largest absolute Gasteiger partial charge is 0.461 e. The topological polar surface area (TPSA) is 59.2 Å². The van der Waals surface area contributed by atoms with E-state index >= 15 is 0 Å². The summed E-state index contributed by atoms with van der Waals surface area (Å²) < 4.78 is 5.18. The minimum atomic E-state index is -0.445. The Bertz CT molecular complexity index is 636. The summed E-state index contributed by atoms with van der Waals surface area (Å²) in [4.78, 5) is 26.2. The quantitative estimate of drug-likeness (QED) is 0.673. The smallest absolute Gasteiger partial charge is 0.339 e. The van der Waals surface area contributed by atoms with E-state index in [9.17, 15) is 9.59 Å². The van der Waals surface area contributed by atoms with Gasteiger partial charge in [-0.05, 0) is 11.8 Å². The lowest BCUT2D eigenvalue weighted by molar-refractivity contribution is 0.0532. The third-order valence-electron chi connectivity index (χ3n) is 2.64. The van der Waals surface area contributed by atoms with Crippen LogP contribution in [0, 0.1) is 0 Å². The van der Waals surface area contributed by atoms with Crippen LogP contribution in [0.1, 0.15) is 17.3 Å². The van der Waals surface area contributed by atoms with Crippen molar-refractivity contribution in [3.05, 3.63) is 46.2 Å². The van der Waals surface area contributed by atoms with Crippen LogP contribution in [0.2, 0.25) is 0 Å². The molecule has 1 N–H and O–H groups in total. The van der Waals surface area contributed by atoms with Gasteiger partial charge >= 0.3 is 5.97 Å². The second-order valence-electron chi connectivity index (χ2n) is 3.93. The van der Waals surface area contributed by atoms with Crippen LogP contribution in [-0.4, -0.2) is 29.1 Å². The number of thioether (sulfide) groups is 1. The molecule has 5 heteroatoms. The second kappa shape index (κ2) is 6.43. The molecule has 100 valence electrons. The van der Waals surface area contributed by atoms with Gasteiger partial charge in [0.25, 0.3) is 0 Å². The molecule has 0 spiro atoms. The lowest BCUT2D eigenvalue weighted by Crippen LogP contribution is -2.14. The number of para-hydroxylation sites is 1. The average Bonchev–Trinajstić information content (AvgIpc) is 2.42. The van der Waals surface area contributed by atoms with E-state index < -0.39 is 5.97 Å². The number of hydrogen-bond donors (Lipinski definition) is 1. The van der Waals surface area contributed by atoms with Crippen molar-refractivity contribution >= 4 is 28.6 Å². The highest BCUT2D eigenvalue weighted by Gasteiger charge is 2.12. The lowest BCUT2D eigenvalue weighted by Gasteiger charge is -2.06. The Morgan fingerprint density at radius 3 is 2.95 bits per heavy atom. The maximum atomic E-state index is 12.0. The van der Waals surface area contributed by atoms with Gasteiger partial charge in [0.2, 0.25) is 5.56 Å². The lowest BCUT2D eigenvalue weighted by atomic mass is 10.1. The highest BCUT2D eigenvalue weighted by Crippen LogP contribution is 2.15. The summed E-state index contributed by atoms with van der Waals surface area (Å²) in [6, 6.07) is 8.48. The Morgan fingerprint density at radius 1 is 1.37 bits per heavy atom. The van der Waals surface area contributed by atoms with Gasteiger partial charge in [-0.15, -0.1) is 0 Å². The molecule has 0 amide bonds. The molecule has 0 unspecified atom stereocenters. The summed E-state index contributed by atoms with van der Waals surface area (Å²) >= 11 is 1.71. The van der Waals surface area contributed by atoms with E-state index in [1.165, 1.54) is 6.07 Å². The summed E-state index contributed by atoms with van der Waals surface area (Å²) in [6.45, 7) is 2.41. The second-order valence-corrected chi connectivity index (χ2v) is 5.32. The Balaban J connectivity index is 2.24. The number of aromatic nitrogens is 1. The van der Waals surface area contributed by atoms with E-state index in [1.54, 1.807) is 23.9 Å². The number of esters is 1. The Labute approximate surface area is 115 Å². The molecule has 0 radical (unpaired) electrons.